The predicted molar refractivity (Wildman–Crippen MR) is 121 cm³/mol. The second-order valence-corrected chi connectivity index (χ2v) is 7.63. The number of halogens is 1. The van der Waals surface area contributed by atoms with Gasteiger partial charge >= 0.3 is 5.97 Å². The van der Waals surface area contributed by atoms with Crippen molar-refractivity contribution >= 4 is 23.3 Å². The van der Waals surface area contributed by atoms with Crippen LogP contribution in [0.5, 0.6) is 17.2 Å². The number of non-ortho nitro benzene ring substituents is 1. The molecular weight excluding hydrogens is 462 g/mol. The molecule has 1 unspecified atom stereocenters. The minimum absolute atomic E-state index is 0.0752. The summed E-state index contributed by atoms with van der Waals surface area (Å²) in [7, 11) is 0. The smallest absolute Gasteiger partial charge is 0.349 e. The van der Waals surface area contributed by atoms with E-state index < -0.39 is 16.8 Å². The molecule has 2 N–H and O–H groups in total. The van der Waals surface area contributed by atoms with Crippen LogP contribution in [-0.2, 0) is 4.79 Å². The number of nitrogens with two attached hydrogens (primary N) is 1. The van der Waals surface area contributed by atoms with Crippen LogP contribution in [-0.4, -0.2) is 17.5 Å². The maximum absolute atomic E-state index is 12.2. The van der Waals surface area contributed by atoms with Gasteiger partial charge in [-0.05, 0) is 29.8 Å². The van der Waals surface area contributed by atoms with Gasteiger partial charge in [0.25, 0.3) is 5.69 Å². The fourth-order valence-electron chi connectivity index (χ4n) is 3.49. The van der Waals surface area contributed by atoms with Gasteiger partial charge in [0.2, 0.25) is 5.88 Å². The van der Waals surface area contributed by atoms with Gasteiger partial charge in [0.15, 0.2) is 6.61 Å². The Morgan fingerprint density at radius 1 is 1.15 bits per heavy atom. The third-order valence-electron chi connectivity index (χ3n) is 5.01. The number of nitro benzene ring substituents is 1. The maximum Gasteiger partial charge on any atom is 0.349 e. The van der Waals surface area contributed by atoms with Crippen LogP contribution in [0.2, 0.25) is 5.02 Å². The predicted octanol–water partition coefficient (Wildman–Crippen LogP) is 4.45. The largest absolute Gasteiger partial charge is 0.482 e. The molecule has 0 fully saturated rings. The van der Waals surface area contributed by atoms with Crippen molar-refractivity contribution < 1.29 is 23.9 Å². The standard InChI is InChI=1S/C24H16ClN3O6/c25-15-2-1-3-17(10-15)32-13-22(29)33-18-8-9-19-21(11-18)34-24(27)20(12-26)23(19)14-4-6-16(7-5-14)28(30)31/h1-11,23H,13,27H2. The van der Waals surface area contributed by atoms with E-state index in [0.29, 0.717) is 27.6 Å². The Kier molecular flexibility index (Phi) is 6.34. The molecule has 0 radical (unpaired) electrons. The molecule has 1 aliphatic rings. The topological polar surface area (TPSA) is 138 Å². The molecule has 3 aromatic rings. The van der Waals surface area contributed by atoms with Gasteiger partial charge in [0, 0.05) is 28.8 Å². The molecular formula is C24H16ClN3O6. The Bertz CT molecular complexity index is 1350. The van der Waals surface area contributed by atoms with Crippen LogP contribution in [0.3, 0.4) is 0 Å². The second-order valence-electron chi connectivity index (χ2n) is 7.19. The van der Waals surface area contributed by atoms with Crippen LogP contribution in [0.4, 0.5) is 5.69 Å². The van der Waals surface area contributed by atoms with E-state index in [1.807, 2.05) is 6.07 Å². The van der Waals surface area contributed by atoms with E-state index in [1.54, 1.807) is 48.5 Å². The van der Waals surface area contributed by atoms with Crippen LogP contribution < -0.4 is 19.9 Å². The number of nitriles is 1. The summed E-state index contributed by atoms with van der Waals surface area (Å²) in [6, 6.07) is 19.2. The highest BCUT2D eigenvalue weighted by molar-refractivity contribution is 6.30. The average molecular weight is 478 g/mol. The van der Waals surface area contributed by atoms with E-state index >= 15 is 0 Å². The molecule has 4 rings (SSSR count). The number of hydrogen-bond acceptors (Lipinski definition) is 8. The van der Waals surface area contributed by atoms with E-state index in [1.165, 1.54) is 18.2 Å². The number of rotatable bonds is 6. The minimum atomic E-state index is -0.649. The molecule has 0 spiro atoms. The summed E-state index contributed by atoms with van der Waals surface area (Å²) in [6.07, 6.45) is 0. The van der Waals surface area contributed by atoms with Crippen LogP contribution in [0.25, 0.3) is 0 Å². The van der Waals surface area contributed by atoms with E-state index in [9.17, 15) is 20.2 Å². The Morgan fingerprint density at radius 2 is 1.91 bits per heavy atom. The first-order valence-corrected chi connectivity index (χ1v) is 10.3. The quantitative estimate of drug-likeness (QED) is 0.238. The zero-order valence-corrected chi connectivity index (χ0v) is 18.2. The van der Waals surface area contributed by atoms with Crippen molar-refractivity contribution in [3.8, 4) is 23.3 Å². The highest BCUT2D eigenvalue weighted by Gasteiger charge is 2.31. The molecule has 0 aliphatic carbocycles. The lowest BCUT2D eigenvalue weighted by Gasteiger charge is -2.26. The molecule has 1 heterocycles. The van der Waals surface area contributed by atoms with Gasteiger partial charge in [0.05, 0.1) is 10.8 Å². The van der Waals surface area contributed by atoms with Crippen molar-refractivity contribution in [1.82, 2.24) is 0 Å². The van der Waals surface area contributed by atoms with Crippen molar-refractivity contribution in [3.05, 3.63) is 104 Å². The number of benzene rings is 3. The Hall–Kier alpha value is -4.55. The van der Waals surface area contributed by atoms with Gasteiger partial charge in [-0.3, -0.25) is 10.1 Å². The van der Waals surface area contributed by atoms with Crippen molar-refractivity contribution in [2.45, 2.75) is 5.92 Å². The Labute approximate surface area is 198 Å². The van der Waals surface area contributed by atoms with Crippen LogP contribution >= 0.6 is 11.6 Å². The molecule has 0 bridgehead atoms. The molecule has 0 aromatic heterocycles. The molecule has 34 heavy (non-hydrogen) atoms. The van der Waals surface area contributed by atoms with Crippen LogP contribution in [0, 0.1) is 21.4 Å². The lowest BCUT2D eigenvalue weighted by molar-refractivity contribution is -0.384. The number of fused-ring (bicyclic) bond motifs is 1. The number of carbonyl (C=O) groups is 1. The highest BCUT2D eigenvalue weighted by atomic mass is 35.5. The lowest BCUT2D eigenvalue weighted by atomic mass is 9.83. The van der Waals surface area contributed by atoms with Gasteiger partial charge < -0.3 is 19.9 Å². The fraction of sp³-hybridized carbons (Fsp3) is 0.0833. The van der Waals surface area contributed by atoms with E-state index in [0.717, 1.165) is 0 Å². The Balaban J connectivity index is 1.55. The molecule has 1 aliphatic heterocycles. The first-order chi connectivity index (χ1) is 16.4. The average Bonchev–Trinajstić information content (AvgIpc) is 2.82. The molecule has 3 aromatic carbocycles. The second kappa shape index (κ2) is 9.52. The van der Waals surface area contributed by atoms with Gasteiger partial charge in [-0.2, -0.15) is 5.26 Å². The van der Waals surface area contributed by atoms with Gasteiger partial charge in [-0.15, -0.1) is 0 Å². The molecule has 9 nitrogen and oxygen atoms in total. The third-order valence-corrected chi connectivity index (χ3v) is 5.25. The summed E-state index contributed by atoms with van der Waals surface area (Å²) in [6.45, 7) is -0.343. The first kappa shape index (κ1) is 22.6. The number of allylic oxidation sites excluding steroid dienone is 1. The molecule has 0 saturated carbocycles. The lowest BCUT2D eigenvalue weighted by Crippen LogP contribution is -2.21. The number of ether oxygens (including phenoxy) is 3. The number of esters is 1. The monoisotopic (exact) mass is 477 g/mol. The van der Waals surface area contributed by atoms with Crippen molar-refractivity contribution in [3.63, 3.8) is 0 Å². The zero-order valence-electron chi connectivity index (χ0n) is 17.4. The summed E-state index contributed by atoms with van der Waals surface area (Å²) in [5, 5.41) is 21.1. The fourth-order valence-corrected chi connectivity index (χ4v) is 3.67. The molecule has 170 valence electrons. The highest BCUT2D eigenvalue weighted by Crippen LogP contribution is 2.43. The van der Waals surface area contributed by atoms with Gasteiger partial charge in [-0.25, -0.2) is 4.79 Å². The summed E-state index contributed by atoms with van der Waals surface area (Å²) >= 11 is 5.89. The van der Waals surface area contributed by atoms with Gasteiger partial charge in [0.1, 0.15) is 28.9 Å². The summed E-state index contributed by atoms with van der Waals surface area (Å²) < 4.78 is 16.3. The summed E-state index contributed by atoms with van der Waals surface area (Å²) in [5.74, 6) is -0.457. The number of hydrogen-bond donors (Lipinski definition) is 1. The zero-order chi connectivity index (χ0) is 24.2. The first-order valence-electron chi connectivity index (χ1n) is 9.90. The van der Waals surface area contributed by atoms with E-state index in [-0.39, 0.29) is 29.5 Å². The normalized spacial score (nSPS) is 14.4. The molecule has 10 heteroatoms. The Morgan fingerprint density at radius 3 is 2.59 bits per heavy atom. The van der Waals surface area contributed by atoms with E-state index in [4.69, 9.17) is 31.5 Å². The molecule has 0 amide bonds. The number of carbonyl (C=O) groups excluding carboxylic acids is 1. The van der Waals surface area contributed by atoms with E-state index in [2.05, 4.69) is 0 Å². The number of nitro groups is 1. The van der Waals surface area contributed by atoms with Crippen molar-refractivity contribution in [1.29, 1.82) is 5.26 Å². The van der Waals surface area contributed by atoms with Crippen molar-refractivity contribution in [2.75, 3.05) is 6.61 Å². The molecule has 0 saturated heterocycles. The molecule has 1 atom stereocenters. The van der Waals surface area contributed by atoms with Crippen molar-refractivity contribution in [2.24, 2.45) is 5.73 Å². The third kappa shape index (κ3) is 4.77. The summed E-state index contributed by atoms with van der Waals surface area (Å²) in [4.78, 5) is 22.7. The minimum Gasteiger partial charge on any atom is -0.482 e. The SMILES string of the molecule is N#CC1=C(N)Oc2cc(OC(=O)COc3cccc(Cl)c3)ccc2C1c1ccc([N+](=O)[O-])cc1. The number of nitrogens with zero attached hydrogens (tertiary/aromatic N) is 2. The van der Waals surface area contributed by atoms with Gasteiger partial charge in [-0.1, -0.05) is 35.9 Å². The van der Waals surface area contributed by atoms with Crippen LogP contribution in [0.15, 0.2) is 78.2 Å². The maximum atomic E-state index is 12.2. The van der Waals surface area contributed by atoms with Crippen LogP contribution in [0.1, 0.15) is 17.0 Å². The summed E-state index contributed by atoms with van der Waals surface area (Å²) in [5.41, 5.74) is 7.28.